The highest BCUT2D eigenvalue weighted by Crippen LogP contribution is 2.30. The van der Waals surface area contributed by atoms with Crippen molar-refractivity contribution in [2.24, 2.45) is 5.92 Å². The Morgan fingerprint density at radius 3 is 2.29 bits per heavy atom. The minimum Gasteiger partial charge on any atom is -0.481 e. The van der Waals surface area contributed by atoms with Crippen LogP contribution in [-0.2, 0) is 14.8 Å². The van der Waals surface area contributed by atoms with Crippen LogP contribution in [0.2, 0.25) is 0 Å². The molecule has 6 heteroatoms. The van der Waals surface area contributed by atoms with Crippen molar-refractivity contribution in [1.29, 1.82) is 0 Å². The molecule has 2 fully saturated rings. The quantitative estimate of drug-likeness (QED) is 0.806. The SMILES string of the molecule is O=C(O)C1CCC(N2CCCCS2(=O)=O)CC1. The lowest BCUT2D eigenvalue weighted by atomic mass is 9.86. The Balaban J connectivity index is 1.98. The molecule has 1 aliphatic heterocycles. The van der Waals surface area contributed by atoms with Crippen LogP contribution in [0.15, 0.2) is 0 Å². The molecule has 0 spiro atoms. The van der Waals surface area contributed by atoms with E-state index in [4.69, 9.17) is 5.11 Å². The van der Waals surface area contributed by atoms with E-state index in [0.29, 0.717) is 32.2 Å². The first-order chi connectivity index (χ1) is 8.00. The largest absolute Gasteiger partial charge is 0.481 e. The van der Waals surface area contributed by atoms with E-state index in [2.05, 4.69) is 0 Å². The lowest BCUT2D eigenvalue weighted by molar-refractivity contribution is -0.143. The highest BCUT2D eigenvalue weighted by atomic mass is 32.2. The summed E-state index contributed by atoms with van der Waals surface area (Å²) in [6.07, 6.45) is 4.27. The van der Waals surface area contributed by atoms with Gasteiger partial charge in [-0.25, -0.2) is 8.42 Å². The molecule has 1 N–H and O–H groups in total. The van der Waals surface area contributed by atoms with E-state index in [1.807, 2.05) is 0 Å². The van der Waals surface area contributed by atoms with Gasteiger partial charge < -0.3 is 5.11 Å². The van der Waals surface area contributed by atoms with Crippen LogP contribution in [0.1, 0.15) is 38.5 Å². The number of carboxylic acid groups (broad SMARTS) is 1. The topological polar surface area (TPSA) is 74.7 Å². The molecule has 1 saturated heterocycles. The molecule has 0 radical (unpaired) electrons. The smallest absolute Gasteiger partial charge is 0.306 e. The summed E-state index contributed by atoms with van der Waals surface area (Å²) in [6, 6.07) is 0.0379. The average molecular weight is 261 g/mol. The van der Waals surface area contributed by atoms with E-state index in [-0.39, 0.29) is 17.7 Å². The van der Waals surface area contributed by atoms with E-state index in [1.54, 1.807) is 4.31 Å². The first-order valence-electron chi connectivity index (χ1n) is 6.23. The van der Waals surface area contributed by atoms with Crippen molar-refractivity contribution < 1.29 is 18.3 Å². The zero-order valence-corrected chi connectivity index (χ0v) is 10.7. The summed E-state index contributed by atoms with van der Waals surface area (Å²) >= 11 is 0. The monoisotopic (exact) mass is 261 g/mol. The summed E-state index contributed by atoms with van der Waals surface area (Å²) in [5.41, 5.74) is 0. The maximum absolute atomic E-state index is 11.9. The van der Waals surface area contributed by atoms with Crippen LogP contribution in [0.25, 0.3) is 0 Å². The van der Waals surface area contributed by atoms with E-state index in [0.717, 1.165) is 12.8 Å². The summed E-state index contributed by atoms with van der Waals surface area (Å²) in [7, 11) is -3.07. The second-order valence-electron chi connectivity index (χ2n) is 4.98. The predicted molar refractivity (Wildman–Crippen MR) is 63.1 cm³/mol. The standard InChI is InChI=1S/C11H19NO4S/c13-11(14)9-3-5-10(6-4-9)12-7-1-2-8-17(12,15)16/h9-10H,1-8H2,(H,13,14). The van der Waals surface area contributed by atoms with Crippen molar-refractivity contribution in [2.45, 2.75) is 44.6 Å². The van der Waals surface area contributed by atoms with Crippen LogP contribution in [0.5, 0.6) is 0 Å². The third-order valence-electron chi connectivity index (χ3n) is 3.84. The molecule has 0 aromatic carbocycles. The summed E-state index contributed by atoms with van der Waals surface area (Å²) in [4.78, 5) is 10.8. The molecule has 17 heavy (non-hydrogen) atoms. The van der Waals surface area contributed by atoms with Crippen molar-refractivity contribution in [3.05, 3.63) is 0 Å². The molecule has 0 atom stereocenters. The molecule has 1 aliphatic carbocycles. The normalized spacial score (nSPS) is 34.4. The Bertz CT molecular complexity index is 384. The Hall–Kier alpha value is -0.620. The first-order valence-corrected chi connectivity index (χ1v) is 7.84. The maximum Gasteiger partial charge on any atom is 0.306 e. The second-order valence-corrected chi connectivity index (χ2v) is 7.02. The highest BCUT2D eigenvalue weighted by Gasteiger charge is 2.35. The minimum atomic E-state index is -3.07. The number of hydrogen-bond donors (Lipinski definition) is 1. The molecule has 0 aromatic heterocycles. The fraction of sp³-hybridized carbons (Fsp3) is 0.909. The molecule has 2 aliphatic rings. The molecule has 0 aromatic rings. The van der Waals surface area contributed by atoms with Gasteiger partial charge in [0.25, 0.3) is 0 Å². The number of hydrogen-bond acceptors (Lipinski definition) is 3. The molecule has 0 amide bonds. The molecule has 2 rings (SSSR count). The zero-order chi connectivity index (χ0) is 12.5. The molecule has 1 heterocycles. The highest BCUT2D eigenvalue weighted by molar-refractivity contribution is 7.89. The van der Waals surface area contributed by atoms with Gasteiger partial charge in [0, 0.05) is 12.6 Å². The van der Waals surface area contributed by atoms with E-state index in [1.165, 1.54) is 0 Å². The average Bonchev–Trinajstić information content (AvgIpc) is 2.28. The van der Waals surface area contributed by atoms with Crippen LogP contribution < -0.4 is 0 Å². The van der Waals surface area contributed by atoms with Crippen molar-refractivity contribution >= 4 is 16.0 Å². The van der Waals surface area contributed by atoms with E-state index < -0.39 is 16.0 Å². The summed E-state index contributed by atoms with van der Waals surface area (Å²) < 4.78 is 25.4. The van der Waals surface area contributed by atoms with Gasteiger partial charge in [-0.2, -0.15) is 4.31 Å². The number of carboxylic acids is 1. The summed E-state index contributed by atoms with van der Waals surface area (Å²) in [5.74, 6) is -0.769. The number of nitrogens with zero attached hydrogens (tertiary/aromatic N) is 1. The van der Waals surface area contributed by atoms with Crippen LogP contribution in [0.4, 0.5) is 0 Å². The van der Waals surface area contributed by atoms with Crippen molar-refractivity contribution in [3.8, 4) is 0 Å². The molecular formula is C11H19NO4S. The molecule has 98 valence electrons. The molecule has 1 saturated carbocycles. The van der Waals surface area contributed by atoms with Gasteiger partial charge in [-0.05, 0) is 38.5 Å². The first kappa shape index (κ1) is 12.8. The fourth-order valence-corrected chi connectivity index (χ4v) is 4.70. The minimum absolute atomic E-state index is 0.0379. The Labute approximate surface area is 102 Å². The van der Waals surface area contributed by atoms with Crippen molar-refractivity contribution in [2.75, 3.05) is 12.3 Å². The fourth-order valence-electron chi connectivity index (χ4n) is 2.83. The van der Waals surface area contributed by atoms with Gasteiger partial charge in [-0.3, -0.25) is 4.79 Å². The lowest BCUT2D eigenvalue weighted by Crippen LogP contribution is -2.46. The van der Waals surface area contributed by atoms with Crippen molar-refractivity contribution in [3.63, 3.8) is 0 Å². The number of carbonyl (C=O) groups is 1. The number of rotatable bonds is 2. The van der Waals surface area contributed by atoms with Crippen LogP contribution in [0, 0.1) is 5.92 Å². The number of sulfonamides is 1. The van der Waals surface area contributed by atoms with Crippen LogP contribution in [-0.4, -0.2) is 42.1 Å². The summed E-state index contributed by atoms with van der Waals surface area (Å²) in [6.45, 7) is 0.616. The van der Waals surface area contributed by atoms with Gasteiger partial charge in [0.1, 0.15) is 0 Å². The Morgan fingerprint density at radius 2 is 1.76 bits per heavy atom. The van der Waals surface area contributed by atoms with Crippen LogP contribution >= 0.6 is 0 Å². The van der Waals surface area contributed by atoms with Gasteiger partial charge in [0.2, 0.25) is 10.0 Å². The van der Waals surface area contributed by atoms with Gasteiger partial charge in [-0.1, -0.05) is 0 Å². The maximum atomic E-state index is 11.9. The van der Waals surface area contributed by atoms with Gasteiger partial charge in [0.15, 0.2) is 0 Å². The van der Waals surface area contributed by atoms with E-state index >= 15 is 0 Å². The molecule has 0 bridgehead atoms. The predicted octanol–water partition coefficient (Wildman–Crippen LogP) is 1.06. The third-order valence-corrected chi connectivity index (χ3v) is 5.84. The molecule has 5 nitrogen and oxygen atoms in total. The van der Waals surface area contributed by atoms with Crippen LogP contribution in [0.3, 0.4) is 0 Å². The Morgan fingerprint density at radius 1 is 1.12 bits per heavy atom. The molecular weight excluding hydrogens is 242 g/mol. The van der Waals surface area contributed by atoms with Gasteiger partial charge in [-0.15, -0.1) is 0 Å². The lowest BCUT2D eigenvalue weighted by Gasteiger charge is -2.37. The zero-order valence-electron chi connectivity index (χ0n) is 9.84. The van der Waals surface area contributed by atoms with Crippen molar-refractivity contribution in [1.82, 2.24) is 4.31 Å². The van der Waals surface area contributed by atoms with Gasteiger partial charge in [0.05, 0.1) is 11.7 Å². The number of aliphatic carboxylic acids is 1. The van der Waals surface area contributed by atoms with E-state index in [9.17, 15) is 13.2 Å². The second kappa shape index (κ2) is 4.94. The Kier molecular flexibility index (Phi) is 3.73. The third kappa shape index (κ3) is 2.80. The molecule has 0 unspecified atom stereocenters. The summed E-state index contributed by atoms with van der Waals surface area (Å²) in [5, 5.41) is 8.91. The van der Waals surface area contributed by atoms with Gasteiger partial charge >= 0.3 is 5.97 Å².